The Morgan fingerprint density at radius 3 is 2.83 bits per heavy atom. The highest BCUT2D eigenvalue weighted by Crippen LogP contribution is 2.32. The minimum absolute atomic E-state index is 0.150. The van der Waals surface area contributed by atoms with Crippen molar-refractivity contribution in [1.29, 1.82) is 0 Å². The second-order valence-corrected chi connectivity index (χ2v) is 5.41. The Kier molecular flexibility index (Phi) is 3.88. The Labute approximate surface area is 136 Å². The molecule has 1 heterocycles. The molecule has 116 valence electrons. The lowest BCUT2D eigenvalue weighted by atomic mass is 10.1. The second kappa shape index (κ2) is 5.85. The van der Waals surface area contributed by atoms with Gasteiger partial charge in [0.25, 0.3) is 5.56 Å². The summed E-state index contributed by atoms with van der Waals surface area (Å²) in [6, 6.07) is 7.83. The van der Waals surface area contributed by atoms with Gasteiger partial charge < -0.3 is 9.88 Å². The number of aromatic nitrogens is 2. The molecule has 0 spiro atoms. The van der Waals surface area contributed by atoms with Crippen molar-refractivity contribution < 1.29 is 4.39 Å². The highest BCUT2D eigenvalue weighted by Gasteiger charge is 2.13. The molecule has 3 aromatic rings. The average molecular weight is 330 g/mol. The van der Waals surface area contributed by atoms with Gasteiger partial charge in [0, 0.05) is 18.3 Å². The van der Waals surface area contributed by atoms with Crippen molar-refractivity contribution in [3.63, 3.8) is 0 Å². The van der Waals surface area contributed by atoms with E-state index >= 15 is 0 Å². The minimum atomic E-state index is -0.480. The van der Waals surface area contributed by atoms with E-state index in [1.54, 1.807) is 31.3 Å². The third kappa shape index (κ3) is 2.59. The quantitative estimate of drug-likeness (QED) is 0.786. The molecule has 0 atom stereocenters. The molecule has 0 amide bonds. The maximum absolute atomic E-state index is 14.0. The van der Waals surface area contributed by atoms with Crippen LogP contribution < -0.4 is 10.9 Å². The molecule has 4 nitrogen and oxygen atoms in total. The molecular weight excluding hydrogens is 317 g/mol. The minimum Gasteiger partial charge on any atom is -0.351 e. The summed E-state index contributed by atoms with van der Waals surface area (Å²) in [5, 5.41) is 3.61. The number of para-hydroxylation sites is 1. The molecule has 0 fully saturated rings. The lowest BCUT2D eigenvalue weighted by molar-refractivity contribution is 0.632. The van der Waals surface area contributed by atoms with Crippen LogP contribution in [-0.2, 0) is 7.05 Å². The first kappa shape index (κ1) is 15.2. The van der Waals surface area contributed by atoms with Gasteiger partial charge in [0.2, 0.25) is 0 Å². The lowest BCUT2D eigenvalue weighted by Crippen LogP contribution is -2.18. The predicted octanol–water partition coefficient (Wildman–Crippen LogP) is 4.11. The number of hydrogen-bond acceptors (Lipinski definition) is 3. The smallest absolute Gasteiger partial charge is 0.261 e. The van der Waals surface area contributed by atoms with E-state index in [1.807, 2.05) is 0 Å². The van der Waals surface area contributed by atoms with E-state index in [9.17, 15) is 9.18 Å². The number of fused-ring (bicyclic) bond motifs is 1. The topological polar surface area (TPSA) is 46.9 Å². The first-order valence-corrected chi connectivity index (χ1v) is 7.22. The standard InChI is InChI=1S/C17H13ClFN3O/c1-3-10-13(21-16-11(18)5-4-6-12(16)19)7-8-14-15(10)17(23)22(2)9-20-14/h3-9,21H,1H2,2H3. The van der Waals surface area contributed by atoms with Crippen molar-refractivity contribution in [2.24, 2.45) is 7.05 Å². The fourth-order valence-corrected chi connectivity index (χ4v) is 2.60. The maximum atomic E-state index is 14.0. The molecule has 6 heteroatoms. The summed E-state index contributed by atoms with van der Waals surface area (Å²) in [5.41, 5.74) is 1.58. The van der Waals surface area contributed by atoms with E-state index < -0.39 is 5.82 Å². The van der Waals surface area contributed by atoms with Crippen LogP contribution in [0.1, 0.15) is 5.56 Å². The average Bonchev–Trinajstić information content (AvgIpc) is 2.54. The SMILES string of the molecule is C=Cc1c(Nc2c(F)cccc2Cl)ccc2ncn(C)c(=O)c12. The molecule has 1 aromatic heterocycles. The molecule has 0 unspecified atom stereocenters. The third-order valence-corrected chi connectivity index (χ3v) is 3.87. The van der Waals surface area contributed by atoms with Crippen molar-refractivity contribution in [1.82, 2.24) is 9.55 Å². The molecule has 0 aliphatic rings. The number of rotatable bonds is 3. The second-order valence-electron chi connectivity index (χ2n) is 5.01. The van der Waals surface area contributed by atoms with Gasteiger partial charge in [-0.25, -0.2) is 9.37 Å². The van der Waals surface area contributed by atoms with E-state index in [0.717, 1.165) is 0 Å². The van der Waals surface area contributed by atoms with Gasteiger partial charge in [0.1, 0.15) is 5.82 Å². The molecule has 2 aromatic carbocycles. The largest absolute Gasteiger partial charge is 0.351 e. The highest BCUT2D eigenvalue weighted by molar-refractivity contribution is 6.33. The zero-order valence-corrected chi connectivity index (χ0v) is 13.1. The molecule has 0 aliphatic heterocycles. The number of nitrogens with zero attached hydrogens (tertiary/aromatic N) is 2. The zero-order chi connectivity index (χ0) is 16.6. The van der Waals surface area contributed by atoms with Crippen LogP contribution in [0.2, 0.25) is 5.02 Å². The third-order valence-electron chi connectivity index (χ3n) is 3.55. The van der Waals surface area contributed by atoms with Gasteiger partial charge >= 0.3 is 0 Å². The summed E-state index contributed by atoms with van der Waals surface area (Å²) >= 11 is 6.04. The summed E-state index contributed by atoms with van der Waals surface area (Å²) in [7, 11) is 1.62. The van der Waals surface area contributed by atoms with Gasteiger partial charge in [-0.15, -0.1) is 0 Å². The van der Waals surface area contributed by atoms with Crippen LogP contribution in [0.4, 0.5) is 15.8 Å². The number of benzene rings is 2. The van der Waals surface area contributed by atoms with Gasteiger partial charge in [-0.05, 0) is 24.3 Å². The summed E-state index contributed by atoms with van der Waals surface area (Å²) in [6.45, 7) is 3.76. The molecule has 0 bridgehead atoms. The van der Waals surface area contributed by atoms with Gasteiger partial charge in [-0.3, -0.25) is 4.79 Å². The van der Waals surface area contributed by atoms with Crippen LogP contribution in [0, 0.1) is 5.82 Å². The molecule has 1 N–H and O–H groups in total. The monoisotopic (exact) mass is 329 g/mol. The number of anilines is 2. The Morgan fingerprint density at radius 2 is 2.13 bits per heavy atom. The molecule has 23 heavy (non-hydrogen) atoms. The summed E-state index contributed by atoms with van der Waals surface area (Å²) < 4.78 is 15.4. The van der Waals surface area contributed by atoms with Crippen molar-refractivity contribution >= 4 is 40.0 Å². The van der Waals surface area contributed by atoms with Crippen LogP contribution in [0.3, 0.4) is 0 Å². The van der Waals surface area contributed by atoms with Crippen molar-refractivity contribution in [3.8, 4) is 0 Å². The van der Waals surface area contributed by atoms with Crippen LogP contribution in [-0.4, -0.2) is 9.55 Å². The fourth-order valence-electron chi connectivity index (χ4n) is 2.39. The van der Waals surface area contributed by atoms with Gasteiger partial charge in [0.05, 0.1) is 27.9 Å². The van der Waals surface area contributed by atoms with Gasteiger partial charge in [-0.2, -0.15) is 0 Å². The highest BCUT2D eigenvalue weighted by atomic mass is 35.5. The van der Waals surface area contributed by atoms with E-state index in [1.165, 1.54) is 23.0 Å². The number of hydrogen-bond donors (Lipinski definition) is 1. The molecular formula is C17H13ClFN3O. The number of nitrogens with one attached hydrogen (secondary N) is 1. The van der Waals surface area contributed by atoms with E-state index in [4.69, 9.17) is 11.6 Å². The fraction of sp³-hybridized carbons (Fsp3) is 0.0588. The first-order chi connectivity index (χ1) is 11.0. The number of aryl methyl sites for hydroxylation is 1. The predicted molar refractivity (Wildman–Crippen MR) is 91.8 cm³/mol. The Morgan fingerprint density at radius 1 is 1.35 bits per heavy atom. The van der Waals surface area contributed by atoms with Crippen molar-refractivity contribution in [2.45, 2.75) is 0 Å². The van der Waals surface area contributed by atoms with Crippen LogP contribution >= 0.6 is 11.6 Å². The van der Waals surface area contributed by atoms with E-state index in [0.29, 0.717) is 22.2 Å². The molecule has 0 saturated carbocycles. The van der Waals surface area contributed by atoms with E-state index in [-0.39, 0.29) is 16.3 Å². The Bertz CT molecular complexity index is 961. The Balaban J connectivity index is 2.25. The lowest BCUT2D eigenvalue weighted by Gasteiger charge is -2.14. The molecule has 0 radical (unpaired) electrons. The van der Waals surface area contributed by atoms with Gasteiger partial charge in [-0.1, -0.05) is 30.3 Å². The zero-order valence-electron chi connectivity index (χ0n) is 12.3. The van der Waals surface area contributed by atoms with Gasteiger partial charge in [0.15, 0.2) is 0 Å². The normalized spacial score (nSPS) is 10.7. The summed E-state index contributed by atoms with van der Waals surface area (Å²) in [4.78, 5) is 16.6. The first-order valence-electron chi connectivity index (χ1n) is 6.84. The maximum Gasteiger partial charge on any atom is 0.261 e. The van der Waals surface area contributed by atoms with Crippen LogP contribution in [0.5, 0.6) is 0 Å². The summed E-state index contributed by atoms with van der Waals surface area (Å²) in [6.07, 6.45) is 3.00. The van der Waals surface area contributed by atoms with Crippen molar-refractivity contribution in [3.05, 3.63) is 70.0 Å². The van der Waals surface area contributed by atoms with Crippen LogP contribution in [0.25, 0.3) is 17.0 Å². The van der Waals surface area contributed by atoms with E-state index in [2.05, 4.69) is 16.9 Å². The summed E-state index contributed by atoms with van der Waals surface area (Å²) in [5.74, 6) is -0.480. The Hall–Kier alpha value is -2.66. The van der Waals surface area contributed by atoms with Crippen molar-refractivity contribution in [2.75, 3.05) is 5.32 Å². The van der Waals surface area contributed by atoms with Crippen LogP contribution in [0.15, 0.2) is 48.0 Å². The number of halogens is 2. The molecule has 3 rings (SSSR count). The molecule has 0 saturated heterocycles. The molecule has 0 aliphatic carbocycles.